The first-order valence-corrected chi connectivity index (χ1v) is 9.46. The number of nitrogens with zero attached hydrogens (tertiary/aromatic N) is 3. The van der Waals surface area contributed by atoms with Crippen LogP contribution < -0.4 is 15.4 Å². The van der Waals surface area contributed by atoms with Crippen LogP contribution in [0.25, 0.3) is 0 Å². The van der Waals surface area contributed by atoms with Crippen LogP contribution >= 0.6 is 11.3 Å². The zero-order valence-corrected chi connectivity index (χ0v) is 16.7. The summed E-state index contributed by atoms with van der Waals surface area (Å²) in [6, 6.07) is 3.85. The van der Waals surface area contributed by atoms with Gasteiger partial charge in [-0.3, -0.25) is 0 Å². The van der Waals surface area contributed by atoms with Crippen molar-refractivity contribution < 1.29 is 9.47 Å². The average Bonchev–Trinajstić information content (AvgIpc) is 2.96. The van der Waals surface area contributed by atoms with Crippen LogP contribution in [-0.2, 0) is 17.8 Å². The van der Waals surface area contributed by atoms with Gasteiger partial charge >= 0.3 is 0 Å². The highest BCUT2D eigenvalue weighted by Gasteiger charge is 2.07. The summed E-state index contributed by atoms with van der Waals surface area (Å²) in [6.07, 6.45) is 1.71. The highest BCUT2D eigenvalue weighted by atomic mass is 32.1. The van der Waals surface area contributed by atoms with Crippen molar-refractivity contribution in [2.24, 2.45) is 4.99 Å². The van der Waals surface area contributed by atoms with Crippen LogP contribution in [-0.4, -0.2) is 42.8 Å². The number of ether oxygens (including phenoxy) is 2. The zero-order chi connectivity index (χ0) is 18.8. The van der Waals surface area contributed by atoms with Gasteiger partial charge in [0.1, 0.15) is 11.6 Å². The van der Waals surface area contributed by atoms with Gasteiger partial charge in [0.25, 0.3) is 0 Å². The van der Waals surface area contributed by atoms with E-state index in [1.165, 1.54) is 4.88 Å². The van der Waals surface area contributed by atoms with Crippen LogP contribution in [0.4, 0.5) is 0 Å². The van der Waals surface area contributed by atoms with Crippen molar-refractivity contribution >= 4 is 17.3 Å². The van der Waals surface area contributed by atoms with Crippen LogP contribution in [0.2, 0.25) is 0 Å². The topological polar surface area (TPSA) is 80.7 Å². The van der Waals surface area contributed by atoms with Crippen LogP contribution in [0, 0.1) is 13.8 Å². The summed E-state index contributed by atoms with van der Waals surface area (Å²) in [5.41, 5.74) is 2.02. The van der Waals surface area contributed by atoms with E-state index >= 15 is 0 Å². The molecular weight excluding hydrogens is 350 g/mol. The number of nitrogens with one attached hydrogen (secondary N) is 2. The summed E-state index contributed by atoms with van der Waals surface area (Å²) < 4.78 is 10.7. The Morgan fingerprint density at radius 3 is 2.81 bits per heavy atom. The number of aliphatic imine (C=N–C) groups is 1. The van der Waals surface area contributed by atoms with Gasteiger partial charge in [0.2, 0.25) is 5.88 Å². The molecule has 8 heteroatoms. The summed E-state index contributed by atoms with van der Waals surface area (Å²) in [4.78, 5) is 14.7. The molecule has 0 aliphatic heterocycles. The minimum absolute atomic E-state index is 0.464. The molecule has 0 aromatic carbocycles. The number of thiazole rings is 1. The van der Waals surface area contributed by atoms with E-state index < -0.39 is 0 Å². The number of aryl methyl sites for hydroxylation is 2. The molecule has 0 fully saturated rings. The van der Waals surface area contributed by atoms with Gasteiger partial charge in [-0.25, -0.2) is 15.0 Å². The highest BCUT2D eigenvalue weighted by molar-refractivity contribution is 7.11. The van der Waals surface area contributed by atoms with Crippen LogP contribution in [0.15, 0.2) is 23.3 Å². The van der Waals surface area contributed by atoms with Gasteiger partial charge in [-0.15, -0.1) is 11.3 Å². The Morgan fingerprint density at radius 2 is 2.12 bits per heavy atom. The van der Waals surface area contributed by atoms with E-state index in [9.17, 15) is 0 Å². The molecule has 2 aromatic rings. The van der Waals surface area contributed by atoms with Gasteiger partial charge in [0.15, 0.2) is 5.96 Å². The number of hydrogen-bond donors (Lipinski definition) is 2. The molecule has 0 aliphatic rings. The van der Waals surface area contributed by atoms with Crippen molar-refractivity contribution in [2.45, 2.75) is 33.9 Å². The summed E-state index contributed by atoms with van der Waals surface area (Å²) >= 11 is 1.70. The molecule has 26 heavy (non-hydrogen) atoms. The summed E-state index contributed by atoms with van der Waals surface area (Å²) in [6.45, 7) is 9.05. The van der Waals surface area contributed by atoms with E-state index in [4.69, 9.17) is 9.47 Å². The lowest BCUT2D eigenvalue weighted by Crippen LogP contribution is -2.36. The standard InChI is InChI=1S/C18H27N5O2S/c1-5-19-18(22-12-16-23-13(2)14(3)26-16)21-11-15-7-6-8-20-17(15)25-10-9-24-4/h6-8H,5,9-12H2,1-4H3,(H2,19,21,22). The molecule has 2 N–H and O–H groups in total. The average molecular weight is 378 g/mol. The lowest BCUT2D eigenvalue weighted by molar-refractivity contribution is 0.143. The first kappa shape index (κ1) is 20.1. The highest BCUT2D eigenvalue weighted by Crippen LogP contribution is 2.17. The molecule has 7 nitrogen and oxygen atoms in total. The maximum absolute atomic E-state index is 5.66. The normalized spacial score (nSPS) is 11.5. The Balaban J connectivity index is 1.99. The minimum atomic E-state index is 0.464. The maximum atomic E-state index is 5.66. The van der Waals surface area contributed by atoms with Gasteiger partial charge in [-0.2, -0.15) is 0 Å². The molecule has 0 amide bonds. The molecule has 2 heterocycles. The van der Waals surface area contributed by atoms with Gasteiger partial charge in [-0.1, -0.05) is 6.07 Å². The third kappa shape index (κ3) is 6.27. The van der Waals surface area contributed by atoms with E-state index in [1.807, 2.05) is 26.0 Å². The molecule has 0 unspecified atom stereocenters. The van der Waals surface area contributed by atoms with Crippen LogP contribution in [0.3, 0.4) is 0 Å². The van der Waals surface area contributed by atoms with Crippen LogP contribution in [0.5, 0.6) is 5.88 Å². The second-order valence-electron chi connectivity index (χ2n) is 5.61. The smallest absolute Gasteiger partial charge is 0.218 e. The number of guanidine groups is 1. The monoisotopic (exact) mass is 377 g/mol. The first-order chi connectivity index (χ1) is 12.6. The lowest BCUT2D eigenvalue weighted by atomic mass is 10.3. The van der Waals surface area contributed by atoms with Crippen molar-refractivity contribution in [3.63, 3.8) is 0 Å². The van der Waals surface area contributed by atoms with Crippen LogP contribution in [0.1, 0.15) is 28.1 Å². The molecule has 0 spiro atoms. The Morgan fingerprint density at radius 1 is 1.27 bits per heavy atom. The second-order valence-corrected chi connectivity index (χ2v) is 6.89. The molecular formula is C18H27N5O2S. The molecule has 2 aromatic heterocycles. The third-order valence-corrected chi connectivity index (χ3v) is 4.68. The largest absolute Gasteiger partial charge is 0.475 e. The molecule has 0 saturated heterocycles. The Labute approximate surface area is 158 Å². The summed E-state index contributed by atoms with van der Waals surface area (Å²) in [5, 5.41) is 7.63. The molecule has 142 valence electrons. The van der Waals surface area contributed by atoms with Crippen molar-refractivity contribution in [2.75, 3.05) is 26.9 Å². The molecule has 0 radical (unpaired) electrons. The predicted molar refractivity (Wildman–Crippen MR) is 105 cm³/mol. The van der Waals surface area contributed by atoms with Crippen molar-refractivity contribution in [3.8, 4) is 5.88 Å². The molecule has 2 rings (SSSR count). The van der Waals surface area contributed by atoms with Gasteiger partial charge in [0.05, 0.1) is 25.4 Å². The van der Waals surface area contributed by atoms with E-state index in [0.717, 1.165) is 28.8 Å². The third-order valence-electron chi connectivity index (χ3n) is 3.61. The molecule has 0 bridgehead atoms. The lowest BCUT2D eigenvalue weighted by Gasteiger charge is -2.11. The van der Waals surface area contributed by atoms with E-state index in [2.05, 4.69) is 32.5 Å². The van der Waals surface area contributed by atoms with E-state index in [1.54, 1.807) is 24.6 Å². The molecule has 0 aliphatic carbocycles. The van der Waals surface area contributed by atoms with Gasteiger partial charge < -0.3 is 20.1 Å². The fourth-order valence-electron chi connectivity index (χ4n) is 2.18. The number of pyridine rings is 1. The fraction of sp³-hybridized carbons (Fsp3) is 0.500. The Kier molecular flexibility index (Phi) is 8.30. The summed E-state index contributed by atoms with van der Waals surface area (Å²) in [5.74, 6) is 1.33. The number of rotatable bonds is 9. The number of methoxy groups -OCH3 is 1. The fourth-order valence-corrected chi connectivity index (χ4v) is 3.05. The first-order valence-electron chi connectivity index (χ1n) is 8.64. The zero-order valence-electron chi connectivity index (χ0n) is 15.8. The van der Waals surface area contributed by atoms with Crippen molar-refractivity contribution in [1.29, 1.82) is 0 Å². The van der Waals surface area contributed by atoms with E-state index in [0.29, 0.717) is 32.2 Å². The quantitative estimate of drug-likeness (QED) is 0.397. The summed E-state index contributed by atoms with van der Waals surface area (Å²) in [7, 11) is 1.65. The Hall–Kier alpha value is -2.19. The van der Waals surface area contributed by atoms with Crippen molar-refractivity contribution in [1.82, 2.24) is 20.6 Å². The minimum Gasteiger partial charge on any atom is -0.475 e. The second kappa shape index (κ2) is 10.7. The number of aromatic nitrogens is 2. The molecule has 0 atom stereocenters. The Bertz CT molecular complexity index is 698. The SMILES string of the molecule is CCNC(=NCc1cccnc1OCCOC)NCc1nc(C)c(C)s1. The number of hydrogen-bond acceptors (Lipinski definition) is 6. The molecule has 0 saturated carbocycles. The van der Waals surface area contributed by atoms with Gasteiger partial charge in [-0.05, 0) is 26.8 Å². The van der Waals surface area contributed by atoms with E-state index in [-0.39, 0.29) is 0 Å². The van der Waals surface area contributed by atoms with Crippen molar-refractivity contribution in [3.05, 3.63) is 39.5 Å². The van der Waals surface area contributed by atoms with Gasteiger partial charge in [0, 0.05) is 30.3 Å². The maximum Gasteiger partial charge on any atom is 0.218 e. The predicted octanol–water partition coefficient (Wildman–Crippen LogP) is 2.44.